The van der Waals surface area contributed by atoms with Crippen LogP contribution in [0.1, 0.15) is 11.1 Å². The molecule has 0 aliphatic rings. The van der Waals surface area contributed by atoms with E-state index in [0.29, 0.717) is 28.8 Å². The molecule has 0 spiro atoms. The van der Waals surface area contributed by atoms with Gasteiger partial charge >= 0.3 is 0 Å². The number of amides is 1. The molecule has 2 aromatic rings. The zero-order valence-electron chi connectivity index (χ0n) is 14.2. The Morgan fingerprint density at radius 3 is 2.76 bits per heavy atom. The van der Waals surface area contributed by atoms with Crippen LogP contribution >= 0.6 is 11.6 Å². The molecule has 0 saturated heterocycles. The highest BCUT2D eigenvalue weighted by atomic mass is 35.5. The van der Waals surface area contributed by atoms with E-state index in [2.05, 4.69) is 11.9 Å². The van der Waals surface area contributed by atoms with Gasteiger partial charge in [0.15, 0.2) is 11.5 Å². The summed E-state index contributed by atoms with van der Waals surface area (Å²) in [5, 5.41) is 3.39. The summed E-state index contributed by atoms with van der Waals surface area (Å²) in [6.07, 6.45) is 4.82. The first-order valence-electron chi connectivity index (χ1n) is 7.70. The Morgan fingerprint density at radius 1 is 1.24 bits per heavy atom. The summed E-state index contributed by atoms with van der Waals surface area (Å²) in [5.41, 5.74) is 2.45. The number of carbonyl (C=O) groups excluding carboxylic acids is 1. The van der Waals surface area contributed by atoms with Crippen LogP contribution in [0, 0.1) is 6.92 Å². The molecule has 1 amide bonds. The van der Waals surface area contributed by atoms with Crippen molar-refractivity contribution in [3.05, 3.63) is 71.3 Å². The lowest BCUT2D eigenvalue weighted by molar-refractivity contribution is -0.111. The van der Waals surface area contributed by atoms with Crippen molar-refractivity contribution in [3.63, 3.8) is 0 Å². The number of ether oxygens (including phenoxy) is 2. The summed E-state index contributed by atoms with van der Waals surface area (Å²) in [4.78, 5) is 12.1. The van der Waals surface area contributed by atoms with Crippen molar-refractivity contribution in [2.75, 3.05) is 19.0 Å². The summed E-state index contributed by atoms with van der Waals surface area (Å²) < 4.78 is 10.8. The van der Waals surface area contributed by atoms with Gasteiger partial charge in [-0.25, -0.2) is 0 Å². The van der Waals surface area contributed by atoms with Crippen LogP contribution in [0.3, 0.4) is 0 Å². The zero-order chi connectivity index (χ0) is 18.2. The van der Waals surface area contributed by atoms with Gasteiger partial charge in [-0.2, -0.15) is 0 Å². The molecule has 25 heavy (non-hydrogen) atoms. The Labute approximate surface area is 152 Å². The van der Waals surface area contributed by atoms with Crippen molar-refractivity contribution in [3.8, 4) is 11.5 Å². The van der Waals surface area contributed by atoms with Crippen LogP contribution in [0.5, 0.6) is 11.5 Å². The molecule has 0 heterocycles. The molecule has 0 aliphatic heterocycles. The van der Waals surface area contributed by atoms with Crippen molar-refractivity contribution < 1.29 is 14.3 Å². The second kappa shape index (κ2) is 8.94. The van der Waals surface area contributed by atoms with Crippen molar-refractivity contribution >= 4 is 29.3 Å². The Kier molecular flexibility index (Phi) is 6.66. The molecule has 0 aromatic heterocycles. The molecule has 2 aromatic carbocycles. The van der Waals surface area contributed by atoms with E-state index >= 15 is 0 Å². The molecule has 0 atom stereocenters. The number of hydrogen-bond acceptors (Lipinski definition) is 3. The summed E-state index contributed by atoms with van der Waals surface area (Å²) in [6, 6.07) is 10.8. The van der Waals surface area contributed by atoms with E-state index < -0.39 is 0 Å². The number of carbonyl (C=O) groups is 1. The second-order valence-corrected chi connectivity index (χ2v) is 5.73. The summed E-state index contributed by atoms with van der Waals surface area (Å²) >= 11 is 5.96. The number of halogens is 1. The molecule has 0 radical (unpaired) electrons. The topological polar surface area (TPSA) is 47.6 Å². The fraction of sp³-hybridized carbons (Fsp3) is 0.150. The molecular weight excluding hydrogens is 338 g/mol. The standard InChI is InChI=1S/C20H20ClNO3/c1-4-11-25-18-9-6-15(12-19(18)24-3)7-10-20(23)22-17-13-16(21)8-5-14(17)2/h4-10,12-13H,1,11H2,2-3H3,(H,22,23)/b10-7+. The second-order valence-electron chi connectivity index (χ2n) is 5.29. The molecule has 0 fully saturated rings. The first-order chi connectivity index (χ1) is 12.0. The number of hydrogen-bond donors (Lipinski definition) is 1. The summed E-state index contributed by atoms with van der Waals surface area (Å²) in [5.74, 6) is 0.977. The van der Waals surface area contributed by atoms with Gasteiger partial charge in [-0.15, -0.1) is 0 Å². The molecular formula is C20H20ClNO3. The van der Waals surface area contributed by atoms with Crippen LogP contribution in [0.25, 0.3) is 6.08 Å². The molecule has 5 heteroatoms. The Morgan fingerprint density at radius 2 is 2.04 bits per heavy atom. The molecule has 0 saturated carbocycles. The normalized spacial score (nSPS) is 10.5. The molecule has 0 bridgehead atoms. The predicted octanol–water partition coefficient (Wildman–Crippen LogP) is 4.87. The quantitative estimate of drug-likeness (QED) is 0.567. The van der Waals surface area contributed by atoms with E-state index in [0.717, 1.165) is 11.1 Å². The number of aryl methyl sites for hydroxylation is 1. The smallest absolute Gasteiger partial charge is 0.248 e. The van der Waals surface area contributed by atoms with Gasteiger partial charge in [-0.3, -0.25) is 4.79 Å². The van der Waals surface area contributed by atoms with Crippen LogP contribution in [0.15, 0.2) is 55.1 Å². The van der Waals surface area contributed by atoms with Gasteiger partial charge in [0, 0.05) is 16.8 Å². The molecule has 0 unspecified atom stereocenters. The van der Waals surface area contributed by atoms with Gasteiger partial charge in [0.1, 0.15) is 6.61 Å². The van der Waals surface area contributed by atoms with Gasteiger partial charge in [-0.05, 0) is 48.4 Å². The minimum Gasteiger partial charge on any atom is -0.493 e. The van der Waals surface area contributed by atoms with E-state index in [9.17, 15) is 4.79 Å². The van der Waals surface area contributed by atoms with E-state index in [1.807, 2.05) is 19.1 Å². The number of anilines is 1. The third-order valence-electron chi connectivity index (χ3n) is 3.43. The van der Waals surface area contributed by atoms with Crippen molar-refractivity contribution in [2.24, 2.45) is 0 Å². The van der Waals surface area contributed by atoms with Gasteiger partial charge < -0.3 is 14.8 Å². The Balaban J connectivity index is 2.08. The van der Waals surface area contributed by atoms with Crippen LogP contribution < -0.4 is 14.8 Å². The van der Waals surface area contributed by atoms with Crippen LogP contribution in [0.4, 0.5) is 5.69 Å². The lowest BCUT2D eigenvalue weighted by Gasteiger charge is -2.10. The SMILES string of the molecule is C=CCOc1ccc(/C=C/C(=O)Nc2cc(Cl)ccc2C)cc1OC. The largest absolute Gasteiger partial charge is 0.493 e. The highest BCUT2D eigenvalue weighted by Gasteiger charge is 2.05. The fourth-order valence-corrected chi connectivity index (χ4v) is 2.30. The van der Waals surface area contributed by atoms with Crippen molar-refractivity contribution in [1.82, 2.24) is 0 Å². The van der Waals surface area contributed by atoms with E-state index in [4.69, 9.17) is 21.1 Å². The summed E-state index contributed by atoms with van der Waals surface area (Å²) in [6.45, 7) is 5.91. The molecule has 1 N–H and O–H groups in total. The highest BCUT2D eigenvalue weighted by Crippen LogP contribution is 2.28. The van der Waals surface area contributed by atoms with E-state index in [-0.39, 0.29) is 5.91 Å². The number of benzene rings is 2. The average Bonchev–Trinajstić information content (AvgIpc) is 2.61. The number of methoxy groups -OCH3 is 1. The summed E-state index contributed by atoms with van der Waals surface area (Å²) in [7, 11) is 1.57. The van der Waals surface area contributed by atoms with Crippen molar-refractivity contribution in [1.29, 1.82) is 0 Å². The van der Waals surface area contributed by atoms with Crippen LogP contribution in [0.2, 0.25) is 5.02 Å². The lowest BCUT2D eigenvalue weighted by Crippen LogP contribution is -2.08. The molecule has 4 nitrogen and oxygen atoms in total. The van der Waals surface area contributed by atoms with E-state index in [1.54, 1.807) is 43.5 Å². The third-order valence-corrected chi connectivity index (χ3v) is 3.66. The Hall–Kier alpha value is -2.72. The maximum atomic E-state index is 12.1. The predicted molar refractivity (Wildman–Crippen MR) is 103 cm³/mol. The molecule has 0 aliphatic carbocycles. The zero-order valence-corrected chi connectivity index (χ0v) is 15.0. The van der Waals surface area contributed by atoms with Gasteiger partial charge in [0.25, 0.3) is 0 Å². The minimum atomic E-state index is -0.240. The number of nitrogens with one attached hydrogen (secondary N) is 1. The fourth-order valence-electron chi connectivity index (χ4n) is 2.13. The molecule has 130 valence electrons. The maximum Gasteiger partial charge on any atom is 0.248 e. The van der Waals surface area contributed by atoms with Crippen molar-refractivity contribution in [2.45, 2.75) is 6.92 Å². The monoisotopic (exact) mass is 357 g/mol. The average molecular weight is 358 g/mol. The third kappa shape index (κ3) is 5.40. The minimum absolute atomic E-state index is 0.240. The van der Waals surface area contributed by atoms with Crippen LogP contribution in [-0.2, 0) is 4.79 Å². The van der Waals surface area contributed by atoms with Crippen LogP contribution in [-0.4, -0.2) is 19.6 Å². The van der Waals surface area contributed by atoms with Gasteiger partial charge in [0.05, 0.1) is 7.11 Å². The van der Waals surface area contributed by atoms with Gasteiger partial charge in [0.2, 0.25) is 5.91 Å². The first kappa shape index (κ1) is 18.6. The van der Waals surface area contributed by atoms with E-state index in [1.165, 1.54) is 6.08 Å². The maximum absolute atomic E-state index is 12.1. The van der Waals surface area contributed by atoms with Gasteiger partial charge in [-0.1, -0.05) is 36.4 Å². The Bertz CT molecular complexity index is 800. The first-order valence-corrected chi connectivity index (χ1v) is 8.08. The lowest BCUT2D eigenvalue weighted by atomic mass is 10.1. The molecule has 2 rings (SSSR count). The highest BCUT2D eigenvalue weighted by molar-refractivity contribution is 6.31. The number of rotatable bonds is 7.